The molecule has 1 aromatic heterocycles. The number of hydrogen-bond donors (Lipinski definition) is 1. The Morgan fingerprint density at radius 2 is 2.44 bits per heavy atom. The average molecular weight is 257 g/mol. The van der Waals surface area contributed by atoms with Crippen LogP contribution in [0.5, 0.6) is 0 Å². The molecular weight excluding hydrogens is 238 g/mol. The van der Waals surface area contributed by atoms with Gasteiger partial charge in [0.1, 0.15) is 6.33 Å². The van der Waals surface area contributed by atoms with Crippen LogP contribution in [-0.2, 0) is 0 Å². The summed E-state index contributed by atoms with van der Waals surface area (Å²) in [6.07, 6.45) is 5.47. The van der Waals surface area contributed by atoms with Crippen molar-refractivity contribution in [3.8, 4) is 0 Å². The minimum absolute atomic E-state index is 0.699. The quantitative estimate of drug-likeness (QED) is 0.880. The van der Waals surface area contributed by atoms with Crippen molar-refractivity contribution in [1.29, 1.82) is 0 Å². The first-order valence-corrected chi connectivity index (χ1v) is 7.63. The van der Waals surface area contributed by atoms with Crippen molar-refractivity contribution < 1.29 is 0 Å². The van der Waals surface area contributed by atoms with Crippen LogP contribution in [0.1, 0.15) is 33.1 Å². The van der Waals surface area contributed by atoms with E-state index in [1.54, 1.807) is 6.33 Å². The third kappa shape index (κ3) is 2.96. The first-order valence-electron chi connectivity index (χ1n) is 5.98. The largest absolute Gasteiger partial charge is 0.314 e. The Morgan fingerprint density at radius 3 is 3.12 bits per heavy atom. The predicted molar refractivity (Wildman–Crippen MR) is 70.0 cm³/mol. The maximum atomic E-state index is 4.25. The Morgan fingerprint density at radius 1 is 1.56 bits per heavy atom. The standard InChI is InChI=1S/C11H19N3S2/c1-3-6-12-9-4-5-10(8(9)2)15-11-13-7-14-16-11/h7-10,12H,3-6H2,1-2H3. The van der Waals surface area contributed by atoms with E-state index in [1.165, 1.54) is 30.8 Å². The van der Waals surface area contributed by atoms with Gasteiger partial charge in [0.15, 0.2) is 4.34 Å². The Bertz CT molecular complexity index is 302. The van der Waals surface area contributed by atoms with Crippen LogP contribution in [0.25, 0.3) is 0 Å². The summed E-state index contributed by atoms with van der Waals surface area (Å²) in [7, 11) is 0. The second kappa shape index (κ2) is 5.98. The van der Waals surface area contributed by atoms with Crippen LogP contribution in [0.2, 0.25) is 0 Å². The van der Waals surface area contributed by atoms with Gasteiger partial charge in [0.25, 0.3) is 0 Å². The molecular formula is C11H19N3S2. The van der Waals surface area contributed by atoms with Gasteiger partial charge in [-0.3, -0.25) is 0 Å². The molecule has 3 atom stereocenters. The maximum Gasteiger partial charge on any atom is 0.170 e. The highest BCUT2D eigenvalue weighted by atomic mass is 32.2. The van der Waals surface area contributed by atoms with E-state index >= 15 is 0 Å². The van der Waals surface area contributed by atoms with E-state index in [0.717, 1.165) is 16.8 Å². The van der Waals surface area contributed by atoms with Crippen molar-refractivity contribution >= 4 is 23.3 Å². The van der Waals surface area contributed by atoms with Crippen LogP contribution < -0.4 is 5.32 Å². The van der Waals surface area contributed by atoms with E-state index in [-0.39, 0.29) is 0 Å². The zero-order chi connectivity index (χ0) is 11.4. The van der Waals surface area contributed by atoms with Gasteiger partial charge in [-0.25, -0.2) is 4.98 Å². The highest BCUT2D eigenvalue weighted by molar-refractivity contribution is 8.01. The monoisotopic (exact) mass is 257 g/mol. The van der Waals surface area contributed by atoms with Crippen molar-refractivity contribution in [2.24, 2.45) is 5.92 Å². The lowest BCUT2D eigenvalue weighted by Crippen LogP contribution is -2.33. The van der Waals surface area contributed by atoms with Gasteiger partial charge >= 0.3 is 0 Å². The van der Waals surface area contributed by atoms with E-state index in [1.807, 2.05) is 11.8 Å². The topological polar surface area (TPSA) is 37.8 Å². The molecule has 0 aliphatic heterocycles. The number of rotatable bonds is 5. The SMILES string of the molecule is CCCNC1CCC(Sc2ncns2)C1C. The summed E-state index contributed by atoms with van der Waals surface area (Å²) in [6, 6.07) is 0.699. The molecule has 3 nitrogen and oxygen atoms in total. The fourth-order valence-electron chi connectivity index (χ4n) is 2.26. The molecule has 90 valence electrons. The molecule has 0 amide bonds. The van der Waals surface area contributed by atoms with Crippen LogP contribution in [0.4, 0.5) is 0 Å². The van der Waals surface area contributed by atoms with E-state index < -0.39 is 0 Å². The normalized spacial score (nSPS) is 29.8. The number of nitrogens with zero attached hydrogens (tertiary/aromatic N) is 2. The fourth-order valence-corrected chi connectivity index (χ4v) is 4.23. The molecule has 0 spiro atoms. The number of hydrogen-bond acceptors (Lipinski definition) is 5. The lowest BCUT2D eigenvalue weighted by molar-refractivity contribution is 0.432. The molecule has 1 aromatic rings. The smallest absolute Gasteiger partial charge is 0.170 e. The van der Waals surface area contributed by atoms with Gasteiger partial charge in [-0.1, -0.05) is 25.6 Å². The van der Waals surface area contributed by atoms with Crippen LogP contribution in [0.3, 0.4) is 0 Å². The molecule has 1 aliphatic rings. The third-order valence-corrected chi connectivity index (χ3v) is 5.48. The molecule has 1 aliphatic carbocycles. The number of thioether (sulfide) groups is 1. The fraction of sp³-hybridized carbons (Fsp3) is 0.818. The Kier molecular flexibility index (Phi) is 4.61. The van der Waals surface area contributed by atoms with Crippen molar-refractivity contribution in [3.63, 3.8) is 0 Å². The van der Waals surface area contributed by atoms with Gasteiger partial charge in [-0.05, 0) is 43.3 Å². The molecule has 1 heterocycles. The summed E-state index contributed by atoms with van der Waals surface area (Å²) in [5.74, 6) is 0.737. The van der Waals surface area contributed by atoms with Crippen LogP contribution in [0.15, 0.2) is 10.7 Å². The maximum absolute atomic E-state index is 4.25. The van der Waals surface area contributed by atoms with Crippen LogP contribution in [-0.4, -0.2) is 27.2 Å². The molecule has 5 heteroatoms. The molecule has 0 aromatic carbocycles. The molecule has 0 radical (unpaired) electrons. The van der Waals surface area contributed by atoms with Gasteiger partial charge < -0.3 is 5.32 Å². The first-order chi connectivity index (χ1) is 7.81. The van der Waals surface area contributed by atoms with Crippen molar-refractivity contribution in [2.75, 3.05) is 6.54 Å². The molecule has 1 saturated carbocycles. The van der Waals surface area contributed by atoms with Crippen molar-refractivity contribution in [2.45, 2.75) is 48.7 Å². The Balaban J connectivity index is 1.84. The zero-order valence-corrected chi connectivity index (χ0v) is 11.5. The van der Waals surface area contributed by atoms with E-state index in [0.29, 0.717) is 11.3 Å². The average Bonchev–Trinajstić information content (AvgIpc) is 2.89. The minimum atomic E-state index is 0.699. The first kappa shape index (κ1) is 12.3. The van der Waals surface area contributed by atoms with Crippen LogP contribution >= 0.6 is 23.3 Å². The molecule has 0 bridgehead atoms. The zero-order valence-electron chi connectivity index (χ0n) is 9.85. The highest BCUT2D eigenvalue weighted by Gasteiger charge is 2.33. The van der Waals surface area contributed by atoms with Gasteiger partial charge in [0, 0.05) is 11.3 Å². The van der Waals surface area contributed by atoms with Crippen molar-refractivity contribution in [1.82, 2.24) is 14.7 Å². The molecule has 16 heavy (non-hydrogen) atoms. The van der Waals surface area contributed by atoms with E-state index in [4.69, 9.17) is 0 Å². The second-order valence-corrected chi connectivity index (χ2v) is 6.63. The second-order valence-electron chi connectivity index (χ2n) is 4.36. The molecule has 2 rings (SSSR count). The van der Waals surface area contributed by atoms with Crippen LogP contribution in [0, 0.1) is 5.92 Å². The van der Waals surface area contributed by atoms with Gasteiger partial charge in [0.2, 0.25) is 0 Å². The Labute approximate surface area is 106 Å². The van der Waals surface area contributed by atoms with Gasteiger partial charge in [-0.15, -0.1) is 0 Å². The molecule has 1 fully saturated rings. The molecule has 1 N–H and O–H groups in total. The lowest BCUT2D eigenvalue weighted by Gasteiger charge is -2.20. The predicted octanol–water partition coefficient (Wildman–Crippen LogP) is 2.80. The highest BCUT2D eigenvalue weighted by Crippen LogP contribution is 2.39. The van der Waals surface area contributed by atoms with E-state index in [2.05, 4.69) is 28.5 Å². The summed E-state index contributed by atoms with van der Waals surface area (Å²) in [5.41, 5.74) is 0. The summed E-state index contributed by atoms with van der Waals surface area (Å²) in [4.78, 5) is 4.25. The number of nitrogens with one attached hydrogen (secondary N) is 1. The summed E-state index contributed by atoms with van der Waals surface area (Å²) >= 11 is 3.42. The van der Waals surface area contributed by atoms with Gasteiger partial charge in [0.05, 0.1) is 0 Å². The van der Waals surface area contributed by atoms with Crippen molar-refractivity contribution in [3.05, 3.63) is 6.33 Å². The minimum Gasteiger partial charge on any atom is -0.314 e. The summed E-state index contributed by atoms with van der Waals surface area (Å²) < 4.78 is 5.17. The summed E-state index contributed by atoms with van der Waals surface area (Å²) in [5, 5.41) is 4.36. The number of aromatic nitrogens is 2. The molecule has 3 unspecified atom stereocenters. The Hall–Kier alpha value is -0.130. The molecule has 0 saturated heterocycles. The van der Waals surface area contributed by atoms with E-state index in [9.17, 15) is 0 Å². The summed E-state index contributed by atoms with van der Waals surface area (Å²) in [6.45, 7) is 5.73. The van der Waals surface area contributed by atoms with Gasteiger partial charge in [-0.2, -0.15) is 4.37 Å². The third-order valence-electron chi connectivity index (χ3n) is 3.23. The lowest BCUT2D eigenvalue weighted by atomic mass is 10.1.